The topological polar surface area (TPSA) is 88.7 Å². The summed E-state index contributed by atoms with van der Waals surface area (Å²) in [5.41, 5.74) is 2.10. The average molecular weight is 440 g/mol. The third-order valence-electron chi connectivity index (χ3n) is 8.14. The molecule has 1 amide bonds. The summed E-state index contributed by atoms with van der Waals surface area (Å²) in [7, 11) is 0. The summed E-state index contributed by atoms with van der Waals surface area (Å²) in [6, 6.07) is 13.8. The van der Waals surface area contributed by atoms with Gasteiger partial charge in [0.15, 0.2) is 5.72 Å². The summed E-state index contributed by atoms with van der Waals surface area (Å²) in [4.78, 5) is 13.2. The lowest BCUT2D eigenvalue weighted by molar-refractivity contribution is -0.189. The fourth-order valence-corrected chi connectivity index (χ4v) is 6.65. The first-order valence-electron chi connectivity index (χ1n) is 11.7. The number of aliphatic hydroxyl groups excluding tert-OH is 1. The number of nitrogens with zero attached hydrogens (tertiary/aromatic N) is 2. The summed E-state index contributed by atoms with van der Waals surface area (Å²) in [6.45, 7) is 1.77. The van der Waals surface area contributed by atoms with Gasteiger partial charge in [0.1, 0.15) is 11.8 Å². The molecule has 5 aromatic rings. The highest BCUT2D eigenvalue weighted by molar-refractivity contribution is 6.31. The molecule has 33 heavy (non-hydrogen) atoms. The van der Waals surface area contributed by atoms with Gasteiger partial charge in [0.2, 0.25) is 0 Å². The minimum atomic E-state index is -1.53. The van der Waals surface area contributed by atoms with E-state index >= 15 is 0 Å². The number of aromatic nitrogens is 2. The predicted molar refractivity (Wildman–Crippen MR) is 124 cm³/mol. The number of hydrogen-bond acceptors (Lipinski definition) is 4. The molecule has 3 N–H and O–H groups in total. The molecular formula is C26H21N3O4. The van der Waals surface area contributed by atoms with Crippen molar-refractivity contribution in [1.82, 2.24) is 14.5 Å². The Balaban J connectivity index is 1.78. The van der Waals surface area contributed by atoms with E-state index in [1.165, 1.54) is 0 Å². The molecule has 0 aliphatic carbocycles. The number of fused-ring (bicyclic) bond motifs is 13. The number of benzene rings is 3. The third kappa shape index (κ3) is 1.75. The predicted octanol–water partition coefficient (Wildman–Crippen LogP) is 3.47. The molecule has 3 aromatic carbocycles. The van der Waals surface area contributed by atoms with Crippen LogP contribution < -0.4 is 5.32 Å². The second-order valence-corrected chi connectivity index (χ2v) is 9.59. The van der Waals surface area contributed by atoms with Crippen LogP contribution in [-0.2, 0) is 17.0 Å². The Kier molecular flexibility index (Phi) is 2.80. The zero-order valence-electron chi connectivity index (χ0n) is 18.8. The van der Waals surface area contributed by atoms with Crippen LogP contribution in [0.1, 0.15) is 36.9 Å². The van der Waals surface area contributed by atoms with Gasteiger partial charge in [-0.15, -0.1) is 0 Å². The summed E-state index contributed by atoms with van der Waals surface area (Å²) < 4.78 is 19.5. The Bertz CT molecular complexity index is 1790. The number of carbonyl (C=O) groups excluding carboxylic acids is 1. The molecule has 8 rings (SSSR count). The normalized spacial score (nSPS) is 28.3. The van der Waals surface area contributed by atoms with Crippen LogP contribution in [0, 0.1) is 0 Å². The second kappa shape index (κ2) is 5.39. The lowest BCUT2D eigenvalue weighted by Crippen LogP contribution is -2.53. The monoisotopic (exact) mass is 440 g/mol. The lowest BCUT2D eigenvalue weighted by atomic mass is 9.89. The molecule has 3 aliphatic heterocycles. The molecule has 3 aliphatic rings. The van der Waals surface area contributed by atoms with E-state index in [0.717, 1.165) is 43.8 Å². The van der Waals surface area contributed by atoms with E-state index in [2.05, 4.69) is 5.32 Å². The minimum Gasteiger partial charge on any atom is -0.393 e. The Morgan fingerprint density at radius 1 is 1.15 bits per heavy atom. The summed E-state index contributed by atoms with van der Waals surface area (Å²) in [5, 5.41) is 28.5. The van der Waals surface area contributed by atoms with Gasteiger partial charge in [-0.3, -0.25) is 4.79 Å². The van der Waals surface area contributed by atoms with Gasteiger partial charge in [-0.1, -0.05) is 36.4 Å². The van der Waals surface area contributed by atoms with Crippen molar-refractivity contribution in [3.05, 3.63) is 59.6 Å². The standard InChI is InChI=1S/C26H21N3O4/c1-25-26(32,12-30)10-18(33-25)28-16-8-4-2-6-13(16)20-21-15(11-27-24(21)31)19-14-7-3-5-9-17(14)29(25)23(19)22(20)28/h2-9,18,30,32H,10-12H2,1H3,(H,27,31)/i6D. The van der Waals surface area contributed by atoms with Crippen molar-refractivity contribution in [3.8, 4) is 0 Å². The number of aliphatic hydroxyl groups is 2. The molecule has 1 fully saturated rings. The Hall–Kier alpha value is -3.39. The quantitative estimate of drug-likeness (QED) is 0.372. The van der Waals surface area contributed by atoms with Gasteiger partial charge in [0.05, 0.1) is 35.6 Å². The number of para-hydroxylation sites is 2. The fourth-order valence-electron chi connectivity index (χ4n) is 6.65. The number of nitrogens with one attached hydrogen (secondary N) is 1. The first kappa shape index (κ1) is 17.1. The van der Waals surface area contributed by atoms with Crippen LogP contribution in [0.2, 0.25) is 0 Å². The van der Waals surface area contributed by atoms with Crippen LogP contribution in [0.5, 0.6) is 0 Å². The first-order valence-corrected chi connectivity index (χ1v) is 11.2. The molecule has 5 heterocycles. The maximum atomic E-state index is 13.2. The molecule has 3 atom stereocenters. The Morgan fingerprint density at radius 2 is 1.94 bits per heavy atom. The number of carbonyl (C=O) groups is 1. The molecule has 7 nitrogen and oxygen atoms in total. The molecule has 0 spiro atoms. The van der Waals surface area contributed by atoms with Gasteiger partial charge in [-0.05, 0) is 24.6 Å². The van der Waals surface area contributed by atoms with Crippen LogP contribution in [0.4, 0.5) is 0 Å². The highest BCUT2D eigenvalue weighted by atomic mass is 16.6. The zero-order valence-corrected chi connectivity index (χ0v) is 17.8. The van der Waals surface area contributed by atoms with E-state index in [0.29, 0.717) is 23.5 Å². The molecule has 2 bridgehead atoms. The van der Waals surface area contributed by atoms with E-state index < -0.39 is 24.2 Å². The summed E-state index contributed by atoms with van der Waals surface area (Å²) in [6.07, 6.45) is -0.397. The maximum Gasteiger partial charge on any atom is 0.252 e. The van der Waals surface area contributed by atoms with Crippen LogP contribution in [-0.4, -0.2) is 37.5 Å². The van der Waals surface area contributed by atoms with Gasteiger partial charge < -0.3 is 29.4 Å². The Morgan fingerprint density at radius 3 is 2.79 bits per heavy atom. The molecule has 1 saturated heterocycles. The van der Waals surface area contributed by atoms with Crippen LogP contribution in [0.25, 0.3) is 43.6 Å². The van der Waals surface area contributed by atoms with Crippen LogP contribution >= 0.6 is 0 Å². The number of hydrogen-bond donors (Lipinski definition) is 3. The van der Waals surface area contributed by atoms with Crippen molar-refractivity contribution in [3.63, 3.8) is 0 Å². The van der Waals surface area contributed by atoms with Gasteiger partial charge >= 0.3 is 0 Å². The largest absolute Gasteiger partial charge is 0.393 e. The fraction of sp³-hybridized carbons (Fsp3) is 0.269. The van der Waals surface area contributed by atoms with E-state index in [4.69, 9.17) is 6.11 Å². The molecule has 7 heteroatoms. The number of rotatable bonds is 1. The van der Waals surface area contributed by atoms with Gasteiger partial charge in [-0.2, -0.15) is 0 Å². The van der Waals surface area contributed by atoms with E-state index in [1.807, 2.05) is 52.5 Å². The smallest absolute Gasteiger partial charge is 0.252 e. The zero-order chi connectivity index (χ0) is 23.1. The summed E-state index contributed by atoms with van der Waals surface area (Å²) in [5.74, 6) is -0.135. The average Bonchev–Trinajstić information content (AvgIpc) is 3.51. The number of amides is 1. The molecule has 2 aromatic heterocycles. The first-order chi connectivity index (χ1) is 16.4. The molecule has 0 saturated carbocycles. The van der Waals surface area contributed by atoms with E-state index in [1.54, 1.807) is 6.07 Å². The van der Waals surface area contributed by atoms with Crippen molar-refractivity contribution >= 4 is 49.5 Å². The lowest BCUT2D eigenvalue weighted by Gasteiger charge is -2.38. The Labute approximate surface area is 189 Å². The van der Waals surface area contributed by atoms with Crippen molar-refractivity contribution in [1.29, 1.82) is 0 Å². The maximum absolute atomic E-state index is 13.2. The van der Waals surface area contributed by atoms with Crippen molar-refractivity contribution in [2.45, 2.75) is 37.4 Å². The van der Waals surface area contributed by atoms with Gasteiger partial charge in [0, 0.05) is 34.5 Å². The van der Waals surface area contributed by atoms with Gasteiger partial charge in [-0.25, -0.2) is 0 Å². The second-order valence-electron chi connectivity index (χ2n) is 9.59. The number of ether oxygens (including phenoxy) is 1. The highest BCUT2D eigenvalue weighted by Crippen LogP contribution is 2.57. The highest BCUT2D eigenvalue weighted by Gasteiger charge is 2.60. The van der Waals surface area contributed by atoms with E-state index in [9.17, 15) is 15.0 Å². The SMILES string of the molecule is [2H]c1cccc2c1c1c3c(c4c5ccccc5n5c4c1n2C1CC(O)(CO)C5(C)O1)CNC3=O. The van der Waals surface area contributed by atoms with Crippen LogP contribution in [0.3, 0.4) is 0 Å². The van der Waals surface area contributed by atoms with Gasteiger partial charge in [0.25, 0.3) is 5.91 Å². The van der Waals surface area contributed by atoms with Crippen LogP contribution in [0.15, 0.2) is 48.5 Å². The third-order valence-corrected chi connectivity index (χ3v) is 8.14. The molecular weight excluding hydrogens is 418 g/mol. The van der Waals surface area contributed by atoms with Crippen molar-refractivity contribution < 1.29 is 21.1 Å². The van der Waals surface area contributed by atoms with Crippen molar-refractivity contribution in [2.24, 2.45) is 0 Å². The molecule has 164 valence electrons. The minimum absolute atomic E-state index is 0.135. The summed E-state index contributed by atoms with van der Waals surface area (Å²) >= 11 is 0. The molecule has 0 radical (unpaired) electrons. The van der Waals surface area contributed by atoms with Crippen molar-refractivity contribution in [2.75, 3.05) is 6.61 Å². The molecule has 3 unspecified atom stereocenters. The van der Waals surface area contributed by atoms with E-state index in [-0.39, 0.29) is 12.3 Å².